The fraction of sp³-hybridized carbons (Fsp3) is 0.391. The Morgan fingerprint density at radius 3 is 2.81 bits per heavy atom. The Hall–Kier alpha value is -2.52. The molecule has 0 saturated carbocycles. The Morgan fingerprint density at radius 1 is 1.31 bits per heavy atom. The summed E-state index contributed by atoms with van der Waals surface area (Å²) in [5.74, 6) is 0.121. The van der Waals surface area contributed by atoms with Crippen LogP contribution in [0.3, 0.4) is 0 Å². The van der Waals surface area contributed by atoms with Gasteiger partial charge in [0.25, 0.3) is 11.5 Å². The highest BCUT2D eigenvalue weighted by Crippen LogP contribution is 2.28. The molecule has 0 aliphatic carbocycles. The van der Waals surface area contributed by atoms with E-state index in [1.165, 1.54) is 22.2 Å². The van der Waals surface area contributed by atoms with Crippen LogP contribution in [-0.2, 0) is 11.3 Å². The number of anilines is 1. The minimum Gasteiger partial charge on any atom is -0.341 e. The number of hydrogen-bond acceptors (Lipinski definition) is 5. The molecular formula is C23H25BrN4O3S. The third-order valence-electron chi connectivity index (χ3n) is 5.88. The Kier molecular flexibility index (Phi) is 6.48. The Morgan fingerprint density at radius 2 is 2.09 bits per heavy atom. The van der Waals surface area contributed by atoms with Gasteiger partial charge in [-0.25, -0.2) is 4.98 Å². The first-order chi connectivity index (χ1) is 15.2. The molecule has 4 rings (SSSR count). The number of carbonyl (C=O) groups is 2. The summed E-state index contributed by atoms with van der Waals surface area (Å²) in [5.41, 5.74) is 1.93. The highest BCUT2D eigenvalue weighted by molar-refractivity contribution is 9.10. The zero-order valence-electron chi connectivity index (χ0n) is 18.3. The van der Waals surface area contributed by atoms with Crippen molar-refractivity contribution < 1.29 is 9.59 Å². The number of nitrogens with zero attached hydrogens (tertiary/aromatic N) is 3. The zero-order valence-corrected chi connectivity index (χ0v) is 20.7. The van der Waals surface area contributed by atoms with Crippen LogP contribution in [0.15, 0.2) is 33.8 Å². The number of nitrogens with one attached hydrogen (secondary N) is 1. The van der Waals surface area contributed by atoms with Crippen molar-refractivity contribution >= 4 is 55.0 Å². The van der Waals surface area contributed by atoms with Crippen LogP contribution < -0.4 is 10.9 Å². The summed E-state index contributed by atoms with van der Waals surface area (Å²) >= 11 is 4.61. The van der Waals surface area contributed by atoms with Crippen LogP contribution in [0.4, 0.5) is 5.69 Å². The highest BCUT2D eigenvalue weighted by atomic mass is 79.9. The van der Waals surface area contributed by atoms with Gasteiger partial charge in [0.1, 0.15) is 11.4 Å². The lowest BCUT2D eigenvalue weighted by atomic mass is 10.0. The summed E-state index contributed by atoms with van der Waals surface area (Å²) in [6.45, 7) is 7.22. The number of benzene rings is 1. The molecule has 1 aliphatic rings. The first-order valence-corrected chi connectivity index (χ1v) is 12.2. The molecule has 168 valence electrons. The summed E-state index contributed by atoms with van der Waals surface area (Å²) in [4.78, 5) is 46.0. The molecule has 2 aromatic heterocycles. The molecule has 7 nitrogen and oxygen atoms in total. The first-order valence-electron chi connectivity index (χ1n) is 10.6. The van der Waals surface area contributed by atoms with Gasteiger partial charge in [-0.3, -0.25) is 19.0 Å². The summed E-state index contributed by atoms with van der Waals surface area (Å²) < 4.78 is 2.29. The normalized spacial score (nSPS) is 16.4. The van der Waals surface area contributed by atoms with E-state index in [1.54, 1.807) is 6.92 Å². The number of rotatable bonds is 4. The van der Waals surface area contributed by atoms with Crippen molar-refractivity contribution in [3.05, 3.63) is 55.4 Å². The second-order valence-electron chi connectivity index (χ2n) is 8.41. The number of thiophene rings is 1. The number of halogens is 1. The van der Waals surface area contributed by atoms with Gasteiger partial charge >= 0.3 is 0 Å². The average Bonchev–Trinajstić information content (AvgIpc) is 3.09. The maximum Gasteiger partial charge on any atom is 0.266 e. The van der Waals surface area contributed by atoms with Crippen LogP contribution in [0, 0.1) is 19.8 Å². The van der Waals surface area contributed by atoms with Gasteiger partial charge in [0.15, 0.2) is 0 Å². The van der Waals surface area contributed by atoms with E-state index in [0.717, 1.165) is 36.0 Å². The van der Waals surface area contributed by atoms with Crippen molar-refractivity contribution in [1.29, 1.82) is 0 Å². The Labute approximate surface area is 198 Å². The van der Waals surface area contributed by atoms with E-state index >= 15 is 0 Å². The SMILES string of the molecule is Cc1cc(Br)ccc1NC(=O)c1sc2ncn(CC(=O)N3CCC[C@H](C)C3)c(=O)c2c1C. The number of fused-ring (bicyclic) bond motifs is 1. The van der Waals surface area contributed by atoms with Gasteiger partial charge < -0.3 is 10.2 Å². The predicted octanol–water partition coefficient (Wildman–Crippen LogP) is 4.35. The van der Waals surface area contributed by atoms with Crippen LogP contribution >= 0.6 is 27.3 Å². The second kappa shape index (κ2) is 9.15. The number of piperidine rings is 1. The number of aromatic nitrogens is 2. The van der Waals surface area contributed by atoms with Gasteiger partial charge in [-0.15, -0.1) is 11.3 Å². The lowest BCUT2D eigenvalue weighted by molar-refractivity contribution is -0.133. The Bertz CT molecular complexity index is 1270. The van der Waals surface area contributed by atoms with Crippen molar-refractivity contribution in [2.24, 2.45) is 5.92 Å². The van der Waals surface area contributed by atoms with Crippen LogP contribution in [-0.4, -0.2) is 39.4 Å². The van der Waals surface area contributed by atoms with E-state index in [2.05, 4.69) is 33.2 Å². The van der Waals surface area contributed by atoms with E-state index in [4.69, 9.17) is 0 Å². The molecule has 1 aromatic carbocycles. The highest BCUT2D eigenvalue weighted by Gasteiger charge is 2.23. The predicted molar refractivity (Wildman–Crippen MR) is 130 cm³/mol. The number of hydrogen-bond donors (Lipinski definition) is 1. The van der Waals surface area contributed by atoms with Crippen molar-refractivity contribution in [2.45, 2.75) is 40.2 Å². The standard InChI is InChI=1S/C23H25BrN4O3S/c1-13-5-4-8-27(10-13)18(29)11-28-12-25-22-19(23(28)31)15(3)20(32-22)21(30)26-17-7-6-16(24)9-14(17)2/h6-7,9,12-13H,4-5,8,10-11H2,1-3H3,(H,26,30)/t13-/m0/s1. The van der Waals surface area contributed by atoms with Crippen LogP contribution in [0.25, 0.3) is 10.2 Å². The molecule has 1 aliphatic heterocycles. The molecular weight excluding hydrogens is 492 g/mol. The number of likely N-dealkylation sites (tertiary alicyclic amines) is 1. The van der Waals surface area contributed by atoms with Gasteiger partial charge in [-0.05, 0) is 61.9 Å². The largest absolute Gasteiger partial charge is 0.341 e. The number of amides is 2. The molecule has 9 heteroatoms. The van der Waals surface area contributed by atoms with E-state index < -0.39 is 0 Å². The molecule has 1 saturated heterocycles. The van der Waals surface area contributed by atoms with Crippen molar-refractivity contribution in [1.82, 2.24) is 14.5 Å². The monoisotopic (exact) mass is 516 g/mol. The topological polar surface area (TPSA) is 84.3 Å². The zero-order chi connectivity index (χ0) is 23.0. The maximum atomic E-state index is 13.1. The minimum absolute atomic E-state index is 0.0383. The van der Waals surface area contributed by atoms with E-state index in [1.807, 2.05) is 30.0 Å². The maximum absolute atomic E-state index is 13.1. The van der Waals surface area contributed by atoms with Gasteiger partial charge in [-0.2, -0.15) is 0 Å². The number of carbonyl (C=O) groups excluding carboxylic acids is 2. The molecule has 2 amide bonds. The lowest BCUT2D eigenvalue weighted by Gasteiger charge is -2.31. The molecule has 3 heterocycles. The summed E-state index contributed by atoms with van der Waals surface area (Å²) in [5, 5.41) is 3.32. The molecule has 1 fully saturated rings. The molecule has 0 bridgehead atoms. The smallest absolute Gasteiger partial charge is 0.266 e. The number of aryl methyl sites for hydroxylation is 2. The molecule has 0 spiro atoms. The fourth-order valence-electron chi connectivity index (χ4n) is 4.10. The molecule has 3 aromatic rings. The summed E-state index contributed by atoms with van der Waals surface area (Å²) in [7, 11) is 0. The van der Waals surface area contributed by atoms with Gasteiger partial charge in [0.05, 0.1) is 16.6 Å². The quantitative estimate of drug-likeness (QED) is 0.558. The van der Waals surface area contributed by atoms with E-state index in [0.29, 0.717) is 32.3 Å². The third-order valence-corrected chi connectivity index (χ3v) is 7.57. The average molecular weight is 517 g/mol. The van der Waals surface area contributed by atoms with Crippen molar-refractivity contribution in [3.8, 4) is 0 Å². The molecule has 1 atom stereocenters. The lowest BCUT2D eigenvalue weighted by Crippen LogP contribution is -2.42. The Balaban J connectivity index is 1.60. The molecule has 0 radical (unpaired) electrons. The van der Waals surface area contributed by atoms with Crippen molar-refractivity contribution in [3.63, 3.8) is 0 Å². The third kappa shape index (κ3) is 4.49. The minimum atomic E-state index is -0.291. The van der Waals surface area contributed by atoms with Crippen LogP contribution in [0.1, 0.15) is 40.6 Å². The van der Waals surface area contributed by atoms with Crippen molar-refractivity contribution in [2.75, 3.05) is 18.4 Å². The van der Waals surface area contributed by atoms with Gasteiger partial charge in [-0.1, -0.05) is 22.9 Å². The van der Waals surface area contributed by atoms with E-state index in [9.17, 15) is 14.4 Å². The first kappa shape index (κ1) is 22.7. The van der Waals surface area contributed by atoms with Gasteiger partial charge in [0.2, 0.25) is 5.91 Å². The van der Waals surface area contributed by atoms with Crippen LogP contribution in [0.2, 0.25) is 0 Å². The molecule has 32 heavy (non-hydrogen) atoms. The van der Waals surface area contributed by atoms with Crippen LogP contribution in [0.5, 0.6) is 0 Å². The van der Waals surface area contributed by atoms with Gasteiger partial charge in [0, 0.05) is 23.2 Å². The van der Waals surface area contributed by atoms with E-state index in [-0.39, 0.29) is 23.9 Å². The fourth-order valence-corrected chi connectivity index (χ4v) is 5.61. The summed E-state index contributed by atoms with van der Waals surface area (Å²) in [6.07, 6.45) is 3.52. The molecule has 1 N–H and O–H groups in total. The second-order valence-corrected chi connectivity index (χ2v) is 10.3. The molecule has 0 unspecified atom stereocenters. The summed E-state index contributed by atoms with van der Waals surface area (Å²) in [6, 6.07) is 5.62.